The van der Waals surface area contributed by atoms with Crippen LogP contribution in [-0.2, 0) is 0 Å². The minimum Gasteiger partial charge on any atom is -0.493 e. The van der Waals surface area contributed by atoms with E-state index in [1.807, 2.05) is 16.8 Å². The van der Waals surface area contributed by atoms with Gasteiger partial charge in [-0.2, -0.15) is 5.10 Å². The van der Waals surface area contributed by atoms with Crippen molar-refractivity contribution in [1.82, 2.24) is 4.68 Å². The van der Waals surface area contributed by atoms with E-state index in [0.717, 1.165) is 41.7 Å². The molecule has 1 aromatic heterocycles. The number of hydrogen-bond donors (Lipinski definition) is 0. The Morgan fingerprint density at radius 2 is 1.59 bits per heavy atom. The van der Waals surface area contributed by atoms with Crippen molar-refractivity contribution >= 4 is 17.0 Å². The average Bonchev–Trinajstić information content (AvgIpc) is 3.25. The van der Waals surface area contributed by atoms with Crippen LogP contribution in [0.1, 0.15) is 51.0 Å². The SMILES string of the molecule is COc1cc(-c2csc(=NC(C)C)n2N=C2CCC(c3ccccc3)CC2)cc(OC)c1OC. The third kappa shape index (κ3) is 5.20. The van der Waals surface area contributed by atoms with E-state index in [-0.39, 0.29) is 6.04 Å². The van der Waals surface area contributed by atoms with E-state index in [2.05, 4.69) is 49.6 Å². The Morgan fingerprint density at radius 1 is 0.941 bits per heavy atom. The molecule has 180 valence electrons. The highest BCUT2D eigenvalue weighted by Gasteiger charge is 2.21. The number of thiazole rings is 1. The smallest absolute Gasteiger partial charge is 0.206 e. The fourth-order valence-corrected chi connectivity index (χ4v) is 5.35. The van der Waals surface area contributed by atoms with E-state index in [9.17, 15) is 0 Å². The van der Waals surface area contributed by atoms with E-state index < -0.39 is 0 Å². The van der Waals surface area contributed by atoms with Crippen LogP contribution in [-0.4, -0.2) is 37.8 Å². The van der Waals surface area contributed by atoms with Gasteiger partial charge in [-0.3, -0.25) is 4.99 Å². The van der Waals surface area contributed by atoms with Gasteiger partial charge < -0.3 is 14.2 Å². The van der Waals surface area contributed by atoms with Crippen molar-refractivity contribution in [2.45, 2.75) is 51.5 Å². The van der Waals surface area contributed by atoms with Crippen LogP contribution in [0, 0.1) is 0 Å². The van der Waals surface area contributed by atoms with Crippen molar-refractivity contribution in [2.75, 3.05) is 21.3 Å². The molecular formula is C27H33N3O3S. The summed E-state index contributed by atoms with van der Waals surface area (Å²) in [6.45, 7) is 4.17. The average molecular weight is 480 g/mol. The van der Waals surface area contributed by atoms with Gasteiger partial charge in [0, 0.05) is 22.7 Å². The van der Waals surface area contributed by atoms with Crippen molar-refractivity contribution in [3.63, 3.8) is 0 Å². The molecule has 0 N–H and O–H groups in total. The van der Waals surface area contributed by atoms with Gasteiger partial charge in [-0.1, -0.05) is 30.3 Å². The van der Waals surface area contributed by atoms with Crippen LogP contribution in [0.2, 0.25) is 0 Å². The van der Waals surface area contributed by atoms with Gasteiger partial charge in [0.15, 0.2) is 11.5 Å². The molecule has 1 fully saturated rings. The Labute approximate surface area is 205 Å². The molecule has 3 aromatic rings. The number of hydrogen-bond acceptors (Lipinski definition) is 6. The summed E-state index contributed by atoms with van der Waals surface area (Å²) >= 11 is 1.60. The van der Waals surface area contributed by atoms with Gasteiger partial charge in [-0.15, -0.1) is 11.3 Å². The largest absolute Gasteiger partial charge is 0.493 e. The second-order valence-electron chi connectivity index (χ2n) is 8.70. The zero-order valence-corrected chi connectivity index (χ0v) is 21.4. The number of nitrogens with zero attached hydrogens (tertiary/aromatic N) is 3. The standard InChI is InChI=1S/C27H33N3O3S/c1-18(2)28-27-30(29-22-13-11-20(12-14-22)19-9-7-6-8-10-19)23(17-34-27)21-15-24(31-3)26(33-5)25(16-21)32-4/h6-10,15-18,20H,11-14H2,1-5H3. The number of aromatic nitrogens is 1. The first-order chi connectivity index (χ1) is 16.5. The van der Waals surface area contributed by atoms with Gasteiger partial charge in [0.25, 0.3) is 0 Å². The number of rotatable bonds is 7. The molecule has 0 amide bonds. The summed E-state index contributed by atoms with van der Waals surface area (Å²) in [5, 5.41) is 7.22. The summed E-state index contributed by atoms with van der Waals surface area (Å²) in [4.78, 5) is 5.73. The molecule has 7 heteroatoms. The summed E-state index contributed by atoms with van der Waals surface area (Å²) in [5.41, 5.74) is 4.54. The Hall–Kier alpha value is -3.06. The molecule has 0 aliphatic heterocycles. The molecule has 4 rings (SSSR count). The van der Waals surface area contributed by atoms with Crippen LogP contribution in [0.15, 0.2) is 57.9 Å². The van der Waals surface area contributed by atoms with Crippen LogP contribution in [0.4, 0.5) is 0 Å². The van der Waals surface area contributed by atoms with Crippen molar-refractivity contribution < 1.29 is 14.2 Å². The lowest BCUT2D eigenvalue weighted by molar-refractivity contribution is 0.324. The van der Waals surface area contributed by atoms with Crippen LogP contribution in [0.5, 0.6) is 17.2 Å². The lowest BCUT2D eigenvalue weighted by atomic mass is 9.83. The monoisotopic (exact) mass is 479 g/mol. The molecular weight excluding hydrogens is 446 g/mol. The van der Waals surface area contributed by atoms with Crippen LogP contribution >= 0.6 is 11.3 Å². The molecule has 1 aliphatic rings. The molecule has 34 heavy (non-hydrogen) atoms. The first-order valence-electron chi connectivity index (χ1n) is 11.7. The van der Waals surface area contributed by atoms with Crippen LogP contribution in [0.25, 0.3) is 11.3 Å². The van der Waals surface area contributed by atoms with Crippen molar-refractivity contribution in [2.24, 2.45) is 10.1 Å². The van der Waals surface area contributed by atoms with Gasteiger partial charge in [0.1, 0.15) is 0 Å². The third-order valence-electron chi connectivity index (χ3n) is 6.09. The van der Waals surface area contributed by atoms with Gasteiger partial charge >= 0.3 is 0 Å². The molecule has 0 atom stereocenters. The zero-order chi connectivity index (χ0) is 24.1. The van der Waals surface area contributed by atoms with Gasteiger partial charge in [0.2, 0.25) is 10.6 Å². The van der Waals surface area contributed by atoms with E-state index >= 15 is 0 Å². The fraction of sp³-hybridized carbons (Fsp3) is 0.407. The molecule has 1 aliphatic carbocycles. The lowest BCUT2D eigenvalue weighted by Crippen LogP contribution is -2.19. The lowest BCUT2D eigenvalue weighted by Gasteiger charge is -2.23. The summed E-state index contributed by atoms with van der Waals surface area (Å²) < 4.78 is 18.7. The maximum Gasteiger partial charge on any atom is 0.206 e. The van der Waals surface area contributed by atoms with E-state index in [1.54, 1.807) is 32.7 Å². The first kappa shape index (κ1) is 24.1. The third-order valence-corrected chi connectivity index (χ3v) is 6.92. The molecule has 0 unspecified atom stereocenters. The fourth-order valence-electron chi connectivity index (χ4n) is 4.38. The number of methoxy groups -OCH3 is 3. The molecule has 6 nitrogen and oxygen atoms in total. The quantitative estimate of drug-likeness (QED) is 0.411. The van der Waals surface area contributed by atoms with Crippen molar-refractivity contribution in [3.05, 3.63) is 58.2 Å². The van der Waals surface area contributed by atoms with E-state index in [1.165, 1.54) is 11.3 Å². The number of ether oxygens (including phenoxy) is 3. The summed E-state index contributed by atoms with van der Waals surface area (Å²) in [6.07, 6.45) is 4.20. The highest BCUT2D eigenvalue weighted by molar-refractivity contribution is 7.07. The summed E-state index contributed by atoms with van der Waals surface area (Å²) in [5.74, 6) is 2.41. The second-order valence-corrected chi connectivity index (χ2v) is 9.54. The highest BCUT2D eigenvalue weighted by Crippen LogP contribution is 2.41. The molecule has 2 aromatic carbocycles. The maximum absolute atomic E-state index is 5.59. The van der Waals surface area contributed by atoms with Crippen LogP contribution < -0.4 is 19.0 Å². The van der Waals surface area contributed by atoms with Crippen molar-refractivity contribution in [3.8, 4) is 28.5 Å². The minimum atomic E-state index is 0.173. The summed E-state index contributed by atoms with van der Waals surface area (Å²) in [7, 11) is 4.88. The first-order valence-corrected chi connectivity index (χ1v) is 12.6. The van der Waals surface area contributed by atoms with Gasteiger partial charge in [-0.05, 0) is 63.1 Å². The normalized spacial score (nSPS) is 16.6. The molecule has 1 saturated carbocycles. The zero-order valence-electron chi connectivity index (χ0n) is 20.6. The highest BCUT2D eigenvalue weighted by atomic mass is 32.1. The topological polar surface area (TPSA) is 57.3 Å². The Bertz CT molecular complexity index is 1180. The van der Waals surface area contributed by atoms with E-state index in [4.69, 9.17) is 24.3 Å². The number of benzene rings is 2. The molecule has 0 spiro atoms. The van der Waals surface area contributed by atoms with Crippen molar-refractivity contribution in [1.29, 1.82) is 0 Å². The van der Waals surface area contributed by atoms with Gasteiger partial charge in [0.05, 0.1) is 27.0 Å². The maximum atomic E-state index is 5.59. The summed E-state index contributed by atoms with van der Waals surface area (Å²) in [6, 6.07) is 14.9. The van der Waals surface area contributed by atoms with Crippen LogP contribution in [0.3, 0.4) is 0 Å². The Balaban J connectivity index is 1.72. The Kier molecular flexibility index (Phi) is 7.73. The predicted octanol–water partition coefficient (Wildman–Crippen LogP) is 6.11. The minimum absolute atomic E-state index is 0.173. The molecule has 0 bridgehead atoms. The van der Waals surface area contributed by atoms with Gasteiger partial charge in [-0.25, -0.2) is 4.68 Å². The van der Waals surface area contributed by atoms with E-state index in [0.29, 0.717) is 23.2 Å². The predicted molar refractivity (Wildman–Crippen MR) is 139 cm³/mol. The second kappa shape index (κ2) is 10.9. The molecule has 0 saturated heterocycles. The molecule has 0 radical (unpaired) electrons. The Morgan fingerprint density at radius 3 is 2.15 bits per heavy atom. The molecule has 1 heterocycles.